The highest BCUT2D eigenvalue weighted by atomic mass is 16.6. The Morgan fingerprint density at radius 1 is 1.38 bits per heavy atom. The van der Waals surface area contributed by atoms with Crippen LogP contribution >= 0.6 is 0 Å². The predicted molar refractivity (Wildman–Crippen MR) is 54.6 cm³/mol. The van der Waals surface area contributed by atoms with Crippen LogP contribution in [0.4, 0.5) is 0 Å². The van der Waals surface area contributed by atoms with Gasteiger partial charge in [0, 0.05) is 18.2 Å². The molecule has 0 radical (unpaired) electrons. The van der Waals surface area contributed by atoms with Crippen molar-refractivity contribution in [1.29, 1.82) is 0 Å². The number of carboxylic acids is 1. The molecule has 0 rings (SSSR count). The van der Waals surface area contributed by atoms with Crippen molar-refractivity contribution in [2.45, 2.75) is 13.0 Å². The summed E-state index contributed by atoms with van der Waals surface area (Å²) in [4.78, 5) is 31.6. The van der Waals surface area contributed by atoms with Gasteiger partial charge in [-0.3, -0.25) is 0 Å². The molecule has 0 saturated heterocycles. The number of esters is 2. The van der Waals surface area contributed by atoms with Crippen LogP contribution in [0.25, 0.3) is 0 Å². The predicted octanol–water partition coefficient (Wildman–Crippen LogP) is 0.401. The number of hydrogen-bond donors (Lipinski definition) is 1. The highest BCUT2D eigenvalue weighted by Gasteiger charge is 2.08. The Morgan fingerprint density at radius 2 is 2.00 bits per heavy atom. The van der Waals surface area contributed by atoms with Crippen LogP contribution < -0.4 is 0 Å². The number of rotatable bonds is 6. The number of hydrogen-bond acceptors (Lipinski definition) is 5. The Morgan fingerprint density at radius 3 is 2.50 bits per heavy atom. The first-order valence-electron chi connectivity index (χ1n) is 4.36. The first-order valence-corrected chi connectivity index (χ1v) is 4.36. The lowest BCUT2D eigenvalue weighted by atomic mass is 10.4. The number of carboxylic acid groups (broad SMARTS) is 1. The number of ether oxygens (including phenoxy) is 2. The molecule has 1 atom stereocenters. The molecule has 0 heterocycles. The zero-order chi connectivity index (χ0) is 12.6. The first kappa shape index (κ1) is 13.9. The summed E-state index contributed by atoms with van der Waals surface area (Å²) in [5.41, 5.74) is 0. The van der Waals surface area contributed by atoms with Crippen molar-refractivity contribution in [3.63, 3.8) is 0 Å². The van der Waals surface area contributed by atoms with Crippen molar-refractivity contribution in [3.05, 3.63) is 24.8 Å². The molecule has 0 amide bonds. The normalized spacial score (nSPS) is 11.8. The van der Waals surface area contributed by atoms with E-state index in [-0.39, 0.29) is 8.03 Å². The average molecular weight is 229 g/mol. The van der Waals surface area contributed by atoms with Crippen LogP contribution in [0.1, 0.15) is 8.35 Å². The van der Waals surface area contributed by atoms with Gasteiger partial charge in [-0.25, -0.2) is 14.4 Å². The minimum atomic E-state index is -1.25. The van der Waals surface area contributed by atoms with Gasteiger partial charge >= 0.3 is 19.3 Å². The Labute approximate surface area is 93.6 Å². The van der Waals surface area contributed by atoms with Crippen LogP contribution in [0, 0.1) is 0 Å². The van der Waals surface area contributed by atoms with Crippen molar-refractivity contribution >= 4 is 17.9 Å². The second-order valence-electron chi connectivity index (χ2n) is 2.75. The molecule has 0 aromatic heterocycles. The van der Waals surface area contributed by atoms with Gasteiger partial charge in [0.2, 0.25) is 0 Å². The Kier molecular flexibility index (Phi) is 6.27. The van der Waals surface area contributed by atoms with E-state index in [1.54, 1.807) is 0 Å². The highest BCUT2D eigenvalue weighted by molar-refractivity contribution is 5.90. The van der Waals surface area contributed by atoms with Crippen molar-refractivity contribution < 1.29 is 30.4 Å². The van der Waals surface area contributed by atoms with E-state index in [2.05, 4.69) is 11.3 Å². The molecule has 1 unspecified atom stereocenters. The van der Waals surface area contributed by atoms with Crippen molar-refractivity contribution in [2.24, 2.45) is 0 Å². The highest BCUT2D eigenvalue weighted by Crippen LogP contribution is 1.94. The molecule has 16 heavy (non-hydrogen) atoms. The fraction of sp³-hybridized carbons (Fsp3) is 0.300. The molecular formula is C10H13O6+. The largest absolute Gasteiger partial charge is 1.00 e. The van der Waals surface area contributed by atoms with Gasteiger partial charge in [-0.2, -0.15) is 0 Å². The Bertz CT molecular complexity index is 323. The van der Waals surface area contributed by atoms with Crippen molar-refractivity contribution in [1.82, 2.24) is 0 Å². The molecule has 0 fully saturated rings. The van der Waals surface area contributed by atoms with Crippen LogP contribution in [0.5, 0.6) is 0 Å². The maximum Gasteiger partial charge on any atom is 1.00 e. The smallest absolute Gasteiger partial charge is 0.478 e. The third-order valence-electron chi connectivity index (χ3n) is 1.31. The zero-order valence-electron chi connectivity index (χ0n) is 9.71. The van der Waals surface area contributed by atoms with E-state index in [1.807, 2.05) is 0 Å². The molecular weight excluding hydrogens is 216 g/mol. The van der Waals surface area contributed by atoms with E-state index in [1.165, 1.54) is 6.92 Å². The molecule has 0 aliphatic heterocycles. The minimum Gasteiger partial charge on any atom is -0.478 e. The molecule has 0 aromatic rings. The van der Waals surface area contributed by atoms with Crippen LogP contribution in [0.15, 0.2) is 24.8 Å². The summed E-state index contributed by atoms with van der Waals surface area (Å²) in [6, 6.07) is 0. The second kappa shape index (κ2) is 7.22. The third-order valence-corrected chi connectivity index (χ3v) is 1.31. The summed E-state index contributed by atoms with van der Waals surface area (Å²) in [5.74, 6) is -2.68. The van der Waals surface area contributed by atoms with E-state index in [0.29, 0.717) is 6.08 Å². The number of aliphatic carboxylic acids is 1. The first-order chi connectivity index (χ1) is 7.45. The fourth-order valence-corrected chi connectivity index (χ4v) is 0.667. The minimum absolute atomic E-state index is 0. The van der Waals surface area contributed by atoms with Gasteiger partial charge in [0.1, 0.15) is 12.7 Å². The van der Waals surface area contributed by atoms with Gasteiger partial charge in [-0.15, -0.1) is 0 Å². The standard InChI is InChI=1S/C10H12O6/c1-3-9(13)16-7(2)6-15-10(14)5-4-8(11)12/h3-5,7H,1,6H2,2H3,(H,11,12)/p+1/b5-4-. The van der Waals surface area contributed by atoms with E-state index in [4.69, 9.17) is 9.84 Å². The Balaban J connectivity index is 0. The van der Waals surface area contributed by atoms with Gasteiger partial charge in [0.15, 0.2) is 0 Å². The quantitative estimate of drug-likeness (QED) is 0.523. The second-order valence-corrected chi connectivity index (χ2v) is 2.75. The SMILES string of the molecule is C=CC(=O)OC(C)COC(=O)/C=C\C(=O)O.[H+]. The molecule has 6 nitrogen and oxygen atoms in total. The van der Waals surface area contributed by atoms with E-state index < -0.39 is 24.0 Å². The summed E-state index contributed by atoms with van der Waals surface area (Å²) >= 11 is 0. The summed E-state index contributed by atoms with van der Waals surface area (Å²) in [7, 11) is 0. The summed E-state index contributed by atoms with van der Waals surface area (Å²) in [6.45, 7) is 4.57. The molecule has 0 aliphatic carbocycles. The van der Waals surface area contributed by atoms with E-state index in [0.717, 1.165) is 12.2 Å². The molecule has 0 aromatic carbocycles. The average Bonchev–Trinajstić information content (AvgIpc) is 2.23. The van der Waals surface area contributed by atoms with Gasteiger partial charge in [0.05, 0.1) is 0 Å². The van der Waals surface area contributed by atoms with Crippen molar-refractivity contribution in [3.8, 4) is 0 Å². The monoisotopic (exact) mass is 229 g/mol. The maximum atomic E-state index is 10.9. The number of carbonyl (C=O) groups is 3. The fourth-order valence-electron chi connectivity index (χ4n) is 0.667. The lowest BCUT2D eigenvalue weighted by Crippen LogP contribution is -2.20. The molecule has 0 bridgehead atoms. The molecule has 88 valence electrons. The summed E-state index contributed by atoms with van der Waals surface area (Å²) in [6.07, 6.45) is 1.79. The topological polar surface area (TPSA) is 89.9 Å². The Hall–Kier alpha value is -2.11. The van der Waals surface area contributed by atoms with Gasteiger partial charge in [-0.1, -0.05) is 6.58 Å². The van der Waals surface area contributed by atoms with Crippen LogP contribution in [0.3, 0.4) is 0 Å². The molecule has 0 spiro atoms. The van der Waals surface area contributed by atoms with E-state index >= 15 is 0 Å². The molecule has 0 saturated carbocycles. The van der Waals surface area contributed by atoms with Gasteiger partial charge in [-0.05, 0) is 6.92 Å². The maximum absolute atomic E-state index is 10.9. The van der Waals surface area contributed by atoms with Gasteiger partial charge < -0.3 is 14.6 Å². The zero-order valence-corrected chi connectivity index (χ0v) is 8.71. The van der Waals surface area contributed by atoms with Crippen LogP contribution in [-0.4, -0.2) is 35.7 Å². The molecule has 6 heteroatoms. The molecule has 0 aliphatic rings. The van der Waals surface area contributed by atoms with E-state index in [9.17, 15) is 14.4 Å². The molecule has 1 N–H and O–H groups in total. The number of carbonyl (C=O) groups excluding carboxylic acids is 2. The lowest BCUT2D eigenvalue weighted by molar-refractivity contribution is -0.151. The van der Waals surface area contributed by atoms with Crippen molar-refractivity contribution in [2.75, 3.05) is 6.61 Å². The third kappa shape index (κ3) is 7.31. The summed E-state index contributed by atoms with van der Waals surface area (Å²) in [5, 5.41) is 8.22. The van der Waals surface area contributed by atoms with Gasteiger partial charge in [0.25, 0.3) is 0 Å². The summed E-state index contributed by atoms with van der Waals surface area (Å²) < 4.78 is 9.30. The lowest BCUT2D eigenvalue weighted by Gasteiger charge is -2.10. The van der Waals surface area contributed by atoms with Crippen LogP contribution in [0.2, 0.25) is 0 Å². The van der Waals surface area contributed by atoms with Crippen LogP contribution in [-0.2, 0) is 23.9 Å².